The van der Waals surface area contributed by atoms with Crippen LogP contribution in [-0.2, 0) is 6.54 Å². The molecule has 0 amide bonds. The molecule has 3 aromatic rings. The first-order chi connectivity index (χ1) is 10.7. The molecule has 114 valence electrons. The van der Waals surface area contributed by atoms with E-state index in [0.29, 0.717) is 35.7 Å². The molecule has 0 bridgehead atoms. The quantitative estimate of drug-likeness (QED) is 0.777. The summed E-state index contributed by atoms with van der Waals surface area (Å²) < 4.78 is 18.5. The normalized spacial score (nSPS) is 11.0. The van der Waals surface area contributed by atoms with Crippen molar-refractivity contribution in [2.45, 2.75) is 13.5 Å². The van der Waals surface area contributed by atoms with E-state index in [9.17, 15) is 9.50 Å². The number of halogens is 1. The summed E-state index contributed by atoms with van der Waals surface area (Å²) in [4.78, 5) is 10.2. The van der Waals surface area contributed by atoms with Crippen LogP contribution in [0.5, 0.6) is 0 Å². The van der Waals surface area contributed by atoms with Gasteiger partial charge >= 0.3 is 0 Å². The Kier molecular flexibility index (Phi) is 3.97. The van der Waals surface area contributed by atoms with Crippen LogP contribution >= 0.6 is 0 Å². The van der Waals surface area contributed by atoms with Gasteiger partial charge < -0.3 is 14.5 Å². The highest BCUT2D eigenvalue weighted by Crippen LogP contribution is 2.26. The minimum Gasteiger partial charge on any atom is -0.395 e. The molecular weight excluding hydrogens is 287 g/mol. The molecule has 1 N–H and O–H groups in total. The molecule has 7 heteroatoms. The molecule has 2 aromatic heterocycles. The molecule has 22 heavy (non-hydrogen) atoms. The highest BCUT2D eigenvalue weighted by Gasteiger charge is 2.17. The molecule has 6 nitrogen and oxygen atoms in total. The Balaban J connectivity index is 2.01. The predicted octanol–water partition coefficient (Wildman–Crippen LogP) is 2.06. The lowest BCUT2D eigenvalue weighted by Gasteiger charge is -2.23. The minimum atomic E-state index is -0.296. The maximum absolute atomic E-state index is 13.4. The number of hydrogen-bond acceptors (Lipinski definition) is 6. The van der Waals surface area contributed by atoms with Crippen LogP contribution in [0, 0.1) is 12.7 Å². The van der Waals surface area contributed by atoms with Crippen molar-refractivity contribution >= 4 is 16.9 Å². The van der Waals surface area contributed by atoms with E-state index < -0.39 is 0 Å². The largest absolute Gasteiger partial charge is 0.395 e. The summed E-state index contributed by atoms with van der Waals surface area (Å²) in [5.74, 6) is 0.317. The minimum absolute atomic E-state index is 0.0505. The molecule has 0 aliphatic rings. The third-order valence-electron chi connectivity index (χ3n) is 3.36. The topological polar surface area (TPSA) is 75.3 Å². The number of aryl methyl sites for hydroxylation is 1. The fourth-order valence-corrected chi connectivity index (χ4v) is 2.38. The summed E-state index contributed by atoms with van der Waals surface area (Å²) in [5, 5.41) is 13.9. The van der Waals surface area contributed by atoms with Gasteiger partial charge in [-0.2, -0.15) is 4.98 Å². The Labute approximate surface area is 126 Å². The lowest BCUT2D eigenvalue weighted by atomic mass is 10.2. The molecule has 0 spiro atoms. The van der Waals surface area contributed by atoms with Gasteiger partial charge in [0.15, 0.2) is 0 Å². The smallest absolute Gasteiger partial charge is 0.263 e. The Hall–Kier alpha value is -2.54. The molecule has 0 saturated carbocycles. The van der Waals surface area contributed by atoms with Gasteiger partial charge in [-0.05, 0) is 24.6 Å². The first-order valence-corrected chi connectivity index (χ1v) is 6.86. The predicted molar refractivity (Wildman–Crippen MR) is 78.9 cm³/mol. The third kappa shape index (κ3) is 2.75. The summed E-state index contributed by atoms with van der Waals surface area (Å²) in [5.41, 5.74) is 1.85. The molecule has 3 rings (SSSR count). The maximum Gasteiger partial charge on any atom is 0.263 e. The van der Waals surface area contributed by atoms with Gasteiger partial charge in [0.1, 0.15) is 23.3 Å². The van der Waals surface area contributed by atoms with Crippen LogP contribution in [0.4, 0.5) is 10.2 Å². The van der Waals surface area contributed by atoms with Gasteiger partial charge in [-0.3, -0.25) is 0 Å². The summed E-state index contributed by atoms with van der Waals surface area (Å²) in [6.45, 7) is 2.52. The summed E-state index contributed by atoms with van der Waals surface area (Å²) in [6, 6.07) is 6.34. The zero-order valence-corrected chi connectivity index (χ0v) is 12.0. The van der Waals surface area contributed by atoms with Crippen LogP contribution in [0.15, 0.2) is 35.1 Å². The average Bonchev–Trinajstić information content (AvgIpc) is 2.89. The van der Waals surface area contributed by atoms with Gasteiger partial charge in [0, 0.05) is 13.1 Å². The van der Waals surface area contributed by atoms with Crippen LogP contribution in [0.3, 0.4) is 0 Å². The first-order valence-electron chi connectivity index (χ1n) is 6.86. The van der Waals surface area contributed by atoms with Gasteiger partial charge in [-0.25, -0.2) is 9.37 Å². The van der Waals surface area contributed by atoms with Crippen LogP contribution in [0.1, 0.15) is 11.3 Å². The highest BCUT2D eigenvalue weighted by molar-refractivity contribution is 5.87. The second-order valence-corrected chi connectivity index (χ2v) is 4.92. The molecule has 1 aromatic carbocycles. The van der Waals surface area contributed by atoms with Gasteiger partial charge in [-0.15, -0.1) is 0 Å². The van der Waals surface area contributed by atoms with Crippen LogP contribution in [0.25, 0.3) is 11.1 Å². The van der Waals surface area contributed by atoms with Gasteiger partial charge in [0.05, 0.1) is 12.3 Å². The second kappa shape index (κ2) is 6.07. The SMILES string of the molecule is Cc1noc2ncnc(N(CCO)Cc3cccc(F)c3)c12. The molecule has 0 atom stereocenters. The van der Waals surface area contributed by atoms with E-state index in [1.807, 2.05) is 11.0 Å². The first kappa shape index (κ1) is 14.4. The number of nitrogens with zero attached hydrogens (tertiary/aromatic N) is 4. The number of aliphatic hydroxyl groups is 1. The van der Waals surface area contributed by atoms with Crippen LogP contribution in [0.2, 0.25) is 0 Å². The van der Waals surface area contributed by atoms with E-state index in [0.717, 1.165) is 5.56 Å². The van der Waals surface area contributed by atoms with Gasteiger partial charge in [0.25, 0.3) is 5.71 Å². The fraction of sp³-hybridized carbons (Fsp3) is 0.267. The Morgan fingerprint density at radius 3 is 2.95 bits per heavy atom. The number of aliphatic hydroxyl groups excluding tert-OH is 1. The second-order valence-electron chi connectivity index (χ2n) is 4.92. The highest BCUT2D eigenvalue weighted by atomic mass is 19.1. The monoisotopic (exact) mass is 302 g/mol. The van der Waals surface area contributed by atoms with Crippen LogP contribution in [-0.4, -0.2) is 33.4 Å². The number of anilines is 1. The summed E-state index contributed by atoms with van der Waals surface area (Å²) in [6.07, 6.45) is 1.39. The number of fused-ring (bicyclic) bond motifs is 1. The summed E-state index contributed by atoms with van der Waals surface area (Å²) in [7, 11) is 0. The molecule has 0 aliphatic carbocycles. The molecule has 0 aliphatic heterocycles. The van der Waals surface area contributed by atoms with Crippen molar-refractivity contribution in [1.82, 2.24) is 15.1 Å². The van der Waals surface area contributed by atoms with E-state index in [2.05, 4.69) is 15.1 Å². The van der Waals surface area contributed by atoms with Crippen molar-refractivity contribution in [2.75, 3.05) is 18.1 Å². The summed E-state index contributed by atoms with van der Waals surface area (Å²) >= 11 is 0. The van der Waals surface area contributed by atoms with E-state index in [-0.39, 0.29) is 12.4 Å². The van der Waals surface area contributed by atoms with Crippen molar-refractivity contribution in [1.29, 1.82) is 0 Å². The van der Waals surface area contributed by atoms with E-state index >= 15 is 0 Å². The molecular formula is C15H15FN4O2. The molecule has 0 fully saturated rings. The number of hydrogen-bond donors (Lipinski definition) is 1. The molecule has 0 radical (unpaired) electrons. The average molecular weight is 302 g/mol. The lowest BCUT2D eigenvalue weighted by Crippen LogP contribution is -2.27. The van der Waals surface area contributed by atoms with E-state index in [4.69, 9.17) is 4.52 Å². The Bertz CT molecular complexity index is 790. The van der Waals surface area contributed by atoms with Crippen molar-refractivity contribution in [2.24, 2.45) is 0 Å². The van der Waals surface area contributed by atoms with Crippen molar-refractivity contribution in [3.63, 3.8) is 0 Å². The molecule has 2 heterocycles. The third-order valence-corrected chi connectivity index (χ3v) is 3.36. The van der Waals surface area contributed by atoms with Crippen molar-refractivity contribution in [3.05, 3.63) is 47.7 Å². The molecule has 0 saturated heterocycles. The fourth-order valence-electron chi connectivity index (χ4n) is 2.38. The zero-order valence-electron chi connectivity index (χ0n) is 12.0. The standard InChI is InChI=1S/C15H15FN4O2/c1-10-13-14(17-9-18-15(13)22-19-10)20(5-6-21)8-11-3-2-4-12(16)7-11/h2-4,7,9,21H,5-6,8H2,1H3. The Morgan fingerprint density at radius 2 is 2.18 bits per heavy atom. The zero-order chi connectivity index (χ0) is 15.5. The lowest BCUT2D eigenvalue weighted by molar-refractivity contribution is 0.301. The number of aromatic nitrogens is 3. The number of benzene rings is 1. The van der Waals surface area contributed by atoms with Gasteiger partial charge in [-0.1, -0.05) is 17.3 Å². The Morgan fingerprint density at radius 1 is 1.32 bits per heavy atom. The molecule has 0 unspecified atom stereocenters. The van der Waals surface area contributed by atoms with Crippen LogP contribution < -0.4 is 4.90 Å². The van der Waals surface area contributed by atoms with E-state index in [1.54, 1.807) is 13.0 Å². The van der Waals surface area contributed by atoms with Crippen molar-refractivity contribution in [3.8, 4) is 0 Å². The van der Waals surface area contributed by atoms with Gasteiger partial charge in [0.2, 0.25) is 0 Å². The van der Waals surface area contributed by atoms with Crippen molar-refractivity contribution < 1.29 is 14.0 Å². The number of rotatable bonds is 5. The maximum atomic E-state index is 13.4. The van der Waals surface area contributed by atoms with E-state index in [1.165, 1.54) is 18.5 Å².